The Kier molecular flexibility index (Phi) is 3.13. The minimum Gasteiger partial charge on any atom is -0.504 e. The average molecular weight is 286 g/mol. The highest BCUT2D eigenvalue weighted by molar-refractivity contribution is 9.10. The van der Waals surface area contributed by atoms with Crippen LogP contribution >= 0.6 is 15.9 Å². The maximum atomic E-state index is 10.00. The van der Waals surface area contributed by atoms with Crippen LogP contribution in [0.1, 0.15) is 31.2 Å². The lowest BCUT2D eigenvalue weighted by molar-refractivity contribution is 0.370. The van der Waals surface area contributed by atoms with E-state index in [0.717, 1.165) is 31.2 Å². The van der Waals surface area contributed by atoms with E-state index in [1.54, 1.807) is 6.07 Å². The second-order valence-electron chi connectivity index (χ2n) is 4.48. The molecule has 0 spiro atoms. The zero-order valence-electron chi connectivity index (χ0n) is 9.04. The number of hydrogen-bond donors (Lipinski definition) is 3. The second-order valence-corrected chi connectivity index (χ2v) is 5.34. The van der Waals surface area contributed by atoms with E-state index in [2.05, 4.69) is 15.9 Å². The Morgan fingerprint density at radius 1 is 1.19 bits per heavy atom. The fraction of sp³-hybridized carbons (Fsp3) is 0.500. The summed E-state index contributed by atoms with van der Waals surface area (Å²) in [6, 6.07) is 3.62. The van der Waals surface area contributed by atoms with Crippen molar-refractivity contribution in [3.63, 3.8) is 0 Å². The van der Waals surface area contributed by atoms with Gasteiger partial charge in [0.05, 0.1) is 4.47 Å². The van der Waals surface area contributed by atoms with E-state index >= 15 is 0 Å². The van der Waals surface area contributed by atoms with E-state index in [1.807, 2.05) is 6.07 Å². The molecule has 1 fully saturated rings. The van der Waals surface area contributed by atoms with E-state index in [1.165, 1.54) is 0 Å². The summed E-state index contributed by atoms with van der Waals surface area (Å²) in [5.74, 6) is -0.112. The number of benzene rings is 1. The van der Waals surface area contributed by atoms with Gasteiger partial charge in [0.15, 0.2) is 11.5 Å². The molecule has 2 rings (SSSR count). The number of hydrogen-bond acceptors (Lipinski definition) is 3. The van der Waals surface area contributed by atoms with Crippen molar-refractivity contribution in [2.75, 3.05) is 6.54 Å². The van der Waals surface area contributed by atoms with Crippen LogP contribution < -0.4 is 5.73 Å². The van der Waals surface area contributed by atoms with Gasteiger partial charge >= 0.3 is 0 Å². The molecular formula is C12H16BrNO2. The van der Waals surface area contributed by atoms with Gasteiger partial charge in [-0.25, -0.2) is 0 Å². The van der Waals surface area contributed by atoms with Crippen molar-refractivity contribution in [2.24, 2.45) is 5.73 Å². The molecule has 3 nitrogen and oxygen atoms in total. The molecule has 0 bridgehead atoms. The van der Waals surface area contributed by atoms with Gasteiger partial charge in [0.1, 0.15) is 0 Å². The summed E-state index contributed by atoms with van der Waals surface area (Å²) < 4.78 is 0.513. The maximum absolute atomic E-state index is 10.00. The quantitative estimate of drug-likeness (QED) is 0.732. The van der Waals surface area contributed by atoms with Crippen LogP contribution in [0.2, 0.25) is 0 Å². The molecule has 1 aromatic carbocycles. The lowest BCUT2D eigenvalue weighted by atomic mass is 9.78. The summed E-state index contributed by atoms with van der Waals surface area (Å²) in [6.07, 6.45) is 4.23. The molecule has 0 unspecified atom stereocenters. The smallest absolute Gasteiger partial charge is 0.172 e. The van der Waals surface area contributed by atoms with E-state index in [0.29, 0.717) is 11.0 Å². The average Bonchev–Trinajstić information content (AvgIpc) is 2.76. The molecular weight excluding hydrogens is 270 g/mol. The van der Waals surface area contributed by atoms with Gasteiger partial charge < -0.3 is 15.9 Å². The number of phenolic OH excluding ortho intramolecular Hbond substituents is 2. The van der Waals surface area contributed by atoms with Gasteiger partial charge in [-0.3, -0.25) is 0 Å². The van der Waals surface area contributed by atoms with E-state index in [-0.39, 0.29) is 16.9 Å². The second kappa shape index (κ2) is 4.26. The number of halogens is 1. The van der Waals surface area contributed by atoms with Gasteiger partial charge in [-0.05, 0) is 34.8 Å². The molecule has 0 heterocycles. The molecule has 0 radical (unpaired) electrons. The summed E-state index contributed by atoms with van der Waals surface area (Å²) >= 11 is 3.19. The van der Waals surface area contributed by atoms with E-state index < -0.39 is 0 Å². The molecule has 16 heavy (non-hydrogen) atoms. The predicted octanol–water partition coefficient (Wildman–Crippen LogP) is 2.63. The summed E-state index contributed by atoms with van der Waals surface area (Å²) in [7, 11) is 0. The molecule has 88 valence electrons. The minimum absolute atomic E-state index is 0.0262. The van der Waals surface area contributed by atoms with Crippen molar-refractivity contribution < 1.29 is 10.2 Å². The summed E-state index contributed by atoms with van der Waals surface area (Å²) in [5.41, 5.74) is 6.49. The zero-order chi connectivity index (χ0) is 11.8. The lowest BCUT2D eigenvalue weighted by Crippen LogP contribution is -2.32. The first kappa shape index (κ1) is 11.7. The van der Waals surface area contributed by atoms with Crippen LogP contribution in [0.25, 0.3) is 0 Å². The number of phenols is 2. The van der Waals surface area contributed by atoms with Gasteiger partial charge in [0.25, 0.3) is 0 Å². The highest BCUT2D eigenvalue weighted by atomic mass is 79.9. The molecule has 0 aliphatic heterocycles. The third kappa shape index (κ3) is 1.70. The van der Waals surface area contributed by atoms with Crippen LogP contribution in [0.15, 0.2) is 16.6 Å². The van der Waals surface area contributed by atoms with Crippen molar-refractivity contribution >= 4 is 15.9 Å². The molecule has 0 amide bonds. The topological polar surface area (TPSA) is 66.5 Å². The Bertz CT molecular complexity index is 400. The lowest BCUT2D eigenvalue weighted by Gasteiger charge is -2.28. The van der Waals surface area contributed by atoms with Crippen LogP contribution in [-0.4, -0.2) is 16.8 Å². The van der Waals surface area contributed by atoms with E-state index in [4.69, 9.17) is 5.73 Å². The number of nitrogens with two attached hydrogens (primary N) is 1. The SMILES string of the molecule is NCC1(c2ccc(Br)c(O)c2O)CCCC1. The Morgan fingerprint density at radius 2 is 1.81 bits per heavy atom. The molecule has 4 N–H and O–H groups in total. The fourth-order valence-corrected chi connectivity index (χ4v) is 2.94. The van der Waals surface area contributed by atoms with Gasteiger partial charge in [0.2, 0.25) is 0 Å². The van der Waals surface area contributed by atoms with Gasteiger partial charge in [-0.15, -0.1) is 0 Å². The number of aromatic hydroxyl groups is 2. The molecule has 1 aliphatic carbocycles. The molecule has 0 saturated heterocycles. The van der Waals surface area contributed by atoms with Gasteiger partial charge in [-0.1, -0.05) is 18.9 Å². The third-order valence-corrected chi connectivity index (χ3v) is 4.26. The van der Waals surface area contributed by atoms with Crippen LogP contribution in [0.5, 0.6) is 11.5 Å². The van der Waals surface area contributed by atoms with Crippen LogP contribution in [0.3, 0.4) is 0 Å². The summed E-state index contributed by atoms with van der Waals surface area (Å²) in [4.78, 5) is 0. The molecule has 1 aromatic rings. The monoisotopic (exact) mass is 285 g/mol. The molecule has 4 heteroatoms. The standard InChI is InChI=1S/C12H16BrNO2/c13-9-4-3-8(10(15)11(9)16)12(7-14)5-1-2-6-12/h3-4,15-16H,1-2,5-7,14H2. The third-order valence-electron chi connectivity index (χ3n) is 3.62. The Balaban J connectivity index is 2.51. The highest BCUT2D eigenvalue weighted by Gasteiger charge is 2.37. The Morgan fingerprint density at radius 3 is 2.38 bits per heavy atom. The van der Waals surface area contributed by atoms with E-state index in [9.17, 15) is 10.2 Å². The predicted molar refractivity (Wildman–Crippen MR) is 66.7 cm³/mol. The van der Waals surface area contributed by atoms with Crippen LogP contribution in [0.4, 0.5) is 0 Å². The Hall–Kier alpha value is -0.740. The number of rotatable bonds is 2. The van der Waals surface area contributed by atoms with Crippen LogP contribution in [0, 0.1) is 0 Å². The van der Waals surface area contributed by atoms with Crippen molar-refractivity contribution in [3.05, 3.63) is 22.2 Å². The highest BCUT2D eigenvalue weighted by Crippen LogP contribution is 2.47. The normalized spacial score (nSPS) is 18.9. The van der Waals surface area contributed by atoms with Crippen molar-refractivity contribution in [3.8, 4) is 11.5 Å². The summed E-state index contributed by atoms with van der Waals surface area (Å²) in [5, 5.41) is 19.7. The first-order chi connectivity index (χ1) is 7.60. The van der Waals surface area contributed by atoms with Crippen LogP contribution in [-0.2, 0) is 5.41 Å². The molecule has 0 atom stereocenters. The molecule has 0 aromatic heterocycles. The Labute approximate surface area is 103 Å². The molecule has 1 saturated carbocycles. The maximum Gasteiger partial charge on any atom is 0.172 e. The fourth-order valence-electron chi connectivity index (χ4n) is 2.62. The summed E-state index contributed by atoms with van der Waals surface area (Å²) in [6.45, 7) is 0.516. The first-order valence-corrected chi connectivity index (χ1v) is 6.31. The van der Waals surface area contributed by atoms with Crippen molar-refractivity contribution in [2.45, 2.75) is 31.1 Å². The first-order valence-electron chi connectivity index (χ1n) is 5.52. The minimum atomic E-state index is -0.151. The largest absolute Gasteiger partial charge is 0.504 e. The zero-order valence-corrected chi connectivity index (χ0v) is 10.6. The van der Waals surface area contributed by atoms with Crippen molar-refractivity contribution in [1.29, 1.82) is 0 Å². The molecule has 1 aliphatic rings. The van der Waals surface area contributed by atoms with Gasteiger partial charge in [0, 0.05) is 17.5 Å². The van der Waals surface area contributed by atoms with Gasteiger partial charge in [-0.2, -0.15) is 0 Å². The van der Waals surface area contributed by atoms with Crippen molar-refractivity contribution in [1.82, 2.24) is 0 Å².